The molecule has 0 spiro atoms. The highest BCUT2D eigenvalue weighted by atomic mass is 32.2. The Bertz CT molecular complexity index is 1700. The summed E-state index contributed by atoms with van der Waals surface area (Å²) in [5.74, 6) is -2.34. The number of amides is 1. The van der Waals surface area contributed by atoms with E-state index in [-0.39, 0.29) is 28.3 Å². The molecule has 2 fully saturated rings. The second-order valence-electron chi connectivity index (χ2n) is 11.0. The van der Waals surface area contributed by atoms with Crippen molar-refractivity contribution in [2.75, 3.05) is 39.2 Å². The van der Waals surface area contributed by atoms with Crippen molar-refractivity contribution in [2.24, 2.45) is 0 Å². The summed E-state index contributed by atoms with van der Waals surface area (Å²) in [6.07, 6.45) is 1.47. The van der Waals surface area contributed by atoms with Crippen LogP contribution in [0.5, 0.6) is 11.5 Å². The maximum absolute atomic E-state index is 14.1. The van der Waals surface area contributed by atoms with Crippen LogP contribution in [0.15, 0.2) is 77.7 Å². The van der Waals surface area contributed by atoms with Gasteiger partial charge in [-0.1, -0.05) is 48.5 Å². The van der Waals surface area contributed by atoms with Crippen molar-refractivity contribution >= 4 is 64.0 Å². The number of nitrogens with zero attached hydrogens (tertiary/aromatic N) is 1. The van der Waals surface area contributed by atoms with Crippen molar-refractivity contribution in [3.8, 4) is 11.5 Å². The normalized spacial score (nSPS) is 21.3. The van der Waals surface area contributed by atoms with Gasteiger partial charge in [-0.3, -0.25) is 5.32 Å². The molecule has 3 aromatic carbocycles. The van der Waals surface area contributed by atoms with Crippen LogP contribution < -0.4 is 14.8 Å². The number of aliphatic carboxylic acids is 2. The first-order valence-corrected chi connectivity index (χ1v) is 17.3. The minimum Gasteiger partial charge on any atom is -0.489 e. The monoisotopic (exact) mass is 713 g/mol. The number of thioether (sulfide) groups is 2. The lowest BCUT2D eigenvalue weighted by Crippen LogP contribution is -2.67. The molecule has 3 aromatic rings. The summed E-state index contributed by atoms with van der Waals surface area (Å²) in [7, 11) is 1.56. The minimum absolute atomic E-state index is 0.0478. The van der Waals surface area contributed by atoms with Gasteiger partial charge in [0.1, 0.15) is 22.2 Å². The number of methoxy groups -OCH3 is 1. The van der Waals surface area contributed by atoms with E-state index in [4.69, 9.17) is 26.4 Å². The highest BCUT2D eigenvalue weighted by molar-refractivity contribution is 8.26. The molecule has 3 N–H and O–H groups in total. The number of quaternary nitrogens is 1. The Hall–Kier alpha value is -3.79. The molecule has 0 bridgehead atoms. The molecule has 0 aromatic heterocycles. The van der Waals surface area contributed by atoms with Crippen LogP contribution in [0.25, 0.3) is 6.08 Å². The number of hydrogen-bond acceptors (Lipinski definition) is 10. The fourth-order valence-corrected chi connectivity index (χ4v) is 8.41. The number of nitrogens with one attached hydrogen (secondary N) is 1. The van der Waals surface area contributed by atoms with Crippen LogP contribution in [0.4, 0.5) is 4.39 Å². The van der Waals surface area contributed by atoms with Gasteiger partial charge in [-0.15, -0.1) is 11.8 Å². The van der Waals surface area contributed by atoms with Crippen LogP contribution in [0.3, 0.4) is 0 Å². The van der Waals surface area contributed by atoms with Crippen LogP contribution in [-0.4, -0.2) is 87.4 Å². The van der Waals surface area contributed by atoms with Crippen molar-refractivity contribution in [2.45, 2.75) is 23.9 Å². The topological polar surface area (TPSA) is 131 Å². The Morgan fingerprint density at radius 1 is 1.10 bits per heavy atom. The summed E-state index contributed by atoms with van der Waals surface area (Å²) >= 11 is 7.79. The number of carboxylic acids is 2. The van der Waals surface area contributed by atoms with Gasteiger partial charge >= 0.3 is 17.8 Å². The third-order valence-electron chi connectivity index (χ3n) is 7.80. The van der Waals surface area contributed by atoms with Gasteiger partial charge in [-0.05, 0) is 71.0 Å². The van der Waals surface area contributed by atoms with E-state index in [1.807, 2.05) is 36.4 Å². The highest BCUT2D eigenvalue weighted by Gasteiger charge is 2.62. The summed E-state index contributed by atoms with van der Waals surface area (Å²) in [6, 6.07) is 19.4. The van der Waals surface area contributed by atoms with Crippen LogP contribution in [0.2, 0.25) is 0 Å². The third kappa shape index (κ3) is 8.08. The molecule has 48 heavy (non-hydrogen) atoms. The predicted molar refractivity (Wildman–Crippen MR) is 185 cm³/mol. The molecule has 0 saturated carbocycles. The van der Waals surface area contributed by atoms with Gasteiger partial charge < -0.3 is 24.4 Å². The van der Waals surface area contributed by atoms with E-state index in [1.165, 1.54) is 23.9 Å². The number of ether oxygens (including phenoxy) is 3. The first kappa shape index (κ1) is 35.5. The molecule has 14 heteroatoms. The number of halogens is 1. The molecular weight excluding hydrogens is 680 g/mol. The van der Waals surface area contributed by atoms with Crippen LogP contribution in [-0.2, 0) is 25.5 Å². The van der Waals surface area contributed by atoms with Crippen molar-refractivity contribution < 1.29 is 47.7 Å². The Morgan fingerprint density at radius 3 is 2.56 bits per heavy atom. The number of benzene rings is 3. The largest absolute Gasteiger partial charge is 0.489 e. The molecule has 1 amide bonds. The van der Waals surface area contributed by atoms with Crippen molar-refractivity contribution in [1.82, 2.24) is 5.32 Å². The summed E-state index contributed by atoms with van der Waals surface area (Å²) < 4.78 is 30.7. The molecule has 2 aliphatic rings. The lowest BCUT2D eigenvalue weighted by molar-refractivity contribution is -0.764. The Morgan fingerprint density at radius 2 is 1.90 bits per heavy atom. The summed E-state index contributed by atoms with van der Waals surface area (Å²) in [5, 5.41) is 22.5. The van der Waals surface area contributed by atoms with E-state index in [0.717, 1.165) is 22.9 Å². The number of hydrogen-bond donors (Lipinski definition) is 3. The van der Waals surface area contributed by atoms with Crippen molar-refractivity contribution in [3.05, 3.63) is 100 Å². The SMILES string of the molecule is COCC(Oc1cc(C=C2SC(=S)[N+](CC(=O)O)(C(C(=O)O)C3NCCS3)C2=O)ccc1OCCc1cccc(F)c1)c1ccccc1. The highest BCUT2D eigenvalue weighted by Crippen LogP contribution is 2.44. The first-order chi connectivity index (χ1) is 23.1. The predicted octanol–water partition coefficient (Wildman–Crippen LogP) is 5.13. The number of rotatable bonds is 15. The zero-order valence-electron chi connectivity index (χ0n) is 25.9. The number of carbonyl (C=O) groups is 3. The van der Waals surface area contributed by atoms with E-state index in [0.29, 0.717) is 35.8 Å². The van der Waals surface area contributed by atoms with Crippen molar-refractivity contribution in [3.63, 3.8) is 0 Å². The van der Waals surface area contributed by atoms with Gasteiger partial charge in [-0.2, -0.15) is 4.48 Å². The third-order valence-corrected chi connectivity index (χ3v) is 10.6. The Labute approximate surface area is 290 Å². The van der Waals surface area contributed by atoms with Crippen LogP contribution in [0, 0.1) is 5.82 Å². The van der Waals surface area contributed by atoms with E-state index >= 15 is 0 Å². The summed E-state index contributed by atoms with van der Waals surface area (Å²) in [4.78, 5) is 38.9. The van der Waals surface area contributed by atoms with E-state index < -0.39 is 46.4 Å². The van der Waals surface area contributed by atoms with E-state index in [9.17, 15) is 29.0 Å². The average molecular weight is 714 g/mol. The Kier molecular flexibility index (Phi) is 11.9. The van der Waals surface area contributed by atoms with Crippen LogP contribution >= 0.6 is 35.7 Å². The second-order valence-corrected chi connectivity index (χ2v) is 14.0. The van der Waals surface area contributed by atoms with Crippen molar-refractivity contribution in [1.29, 1.82) is 0 Å². The molecule has 4 unspecified atom stereocenters. The summed E-state index contributed by atoms with van der Waals surface area (Å²) in [5.41, 5.74) is 2.14. The van der Waals surface area contributed by atoms with Gasteiger partial charge in [0.15, 0.2) is 18.0 Å². The lowest BCUT2D eigenvalue weighted by atomic mass is 10.1. The zero-order chi connectivity index (χ0) is 34.3. The number of carbonyl (C=O) groups excluding carboxylic acids is 1. The smallest absolute Gasteiger partial charge is 0.366 e. The summed E-state index contributed by atoms with van der Waals surface area (Å²) in [6.45, 7) is 0.164. The number of carboxylic acid groups (broad SMARTS) is 2. The molecular formula is C34H34FN2O8S3+. The maximum atomic E-state index is 14.1. The van der Waals surface area contributed by atoms with Gasteiger partial charge in [0, 0.05) is 25.8 Å². The molecule has 10 nitrogen and oxygen atoms in total. The molecule has 0 radical (unpaired) electrons. The van der Waals surface area contributed by atoms with Crippen LogP contribution in [0.1, 0.15) is 22.8 Å². The van der Waals surface area contributed by atoms with E-state index in [1.54, 1.807) is 37.5 Å². The van der Waals surface area contributed by atoms with Gasteiger partial charge in [0.05, 0.1) is 13.2 Å². The first-order valence-electron chi connectivity index (χ1n) is 15.0. The zero-order valence-corrected chi connectivity index (χ0v) is 28.3. The quantitative estimate of drug-likeness (QED) is 0.110. The molecule has 5 rings (SSSR count). The molecule has 2 heterocycles. The molecule has 2 aliphatic heterocycles. The molecule has 0 aliphatic carbocycles. The fraction of sp³-hybridized carbons (Fsp3) is 0.294. The molecule has 4 atom stereocenters. The molecule has 252 valence electrons. The van der Waals surface area contributed by atoms with Gasteiger partial charge in [0.2, 0.25) is 10.4 Å². The molecule has 2 saturated heterocycles. The standard InChI is InChI=1S/C34H33FN2O8S3/c1-43-20-27(23-7-3-2-4-8-23)45-26-17-22(10-11-25(26)44-14-12-21-6-5-9-24(35)16-21)18-28-32(40)37(19-29(38)39,34(46)48-28)30(33(41)42)31-36-13-15-47-31/h2-11,16-18,27,30-31,36H,12-15,19-20H2,1H3,(H-,38,39,41,42)/p+1. The fourth-order valence-electron chi connectivity index (χ4n) is 5.59. The number of thiocarbonyl (C=S) groups is 1. The lowest BCUT2D eigenvalue weighted by Gasteiger charge is -2.36. The maximum Gasteiger partial charge on any atom is 0.366 e. The van der Waals surface area contributed by atoms with E-state index in [2.05, 4.69) is 5.32 Å². The van der Waals surface area contributed by atoms with Gasteiger partial charge in [-0.25, -0.2) is 18.8 Å². The average Bonchev–Trinajstić information content (AvgIpc) is 3.65. The Balaban J connectivity index is 1.49. The second kappa shape index (κ2) is 16.1. The minimum atomic E-state index is -1.44. The van der Waals surface area contributed by atoms with Gasteiger partial charge in [0.25, 0.3) is 0 Å².